The maximum Gasteiger partial charge on any atom is 0.341 e. The zero-order valence-electron chi connectivity index (χ0n) is 19.3. The van der Waals surface area contributed by atoms with Crippen molar-refractivity contribution in [2.24, 2.45) is 0 Å². The van der Waals surface area contributed by atoms with Crippen LogP contribution >= 0.6 is 46.3 Å². The molecule has 0 spiro atoms. The number of esters is 1. The van der Waals surface area contributed by atoms with E-state index in [4.69, 9.17) is 27.9 Å². The van der Waals surface area contributed by atoms with Crippen molar-refractivity contribution in [2.75, 3.05) is 18.2 Å². The number of carbonyl (C=O) groups is 2. The summed E-state index contributed by atoms with van der Waals surface area (Å²) in [7, 11) is 1.26. The molecule has 0 saturated heterocycles. The molecule has 2 aromatic heterocycles. The summed E-state index contributed by atoms with van der Waals surface area (Å²) >= 11 is 14.7. The molecule has 0 fully saturated rings. The topological polar surface area (TPSA) is 86.1 Å². The number of allylic oxidation sites excluding steroid dienone is 1. The average molecular weight is 577 g/mol. The summed E-state index contributed by atoms with van der Waals surface area (Å²) in [5.41, 5.74) is 2.01. The van der Waals surface area contributed by atoms with Crippen LogP contribution in [0.1, 0.15) is 10.4 Å². The van der Waals surface area contributed by atoms with Gasteiger partial charge < -0.3 is 10.1 Å². The molecule has 7 nitrogen and oxygen atoms in total. The zero-order valence-corrected chi connectivity index (χ0v) is 22.5. The van der Waals surface area contributed by atoms with Gasteiger partial charge in [0.15, 0.2) is 11.0 Å². The number of halogens is 3. The Hall–Kier alpha value is -3.18. The Kier molecular flexibility index (Phi) is 8.65. The first kappa shape index (κ1) is 26.9. The Balaban J connectivity index is 1.53. The van der Waals surface area contributed by atoms with Crippen molar-refractivity contribution in [1.29, 1.82) is 0 Å². The molecule has 0 aliphatic rings. The maximum absolute atomic E-state index is 13.4. The molecule has 0 atom stereocenters. The number of benzene rings is 2. The van der Waals surface area contributed by atoms with Crippen LogP contribution in [0.15, 0.2) is 65.7 Å². The molecule has 0 aliphatic heterocycles. The number of ether oxygens (including phenoxy) is 1. The van der Waals surface area contributed by atoms with Gasteiger partial charge in [0.25, 0.3) is 0 Å². The first-order valence-corrected chi connectivity index (χ1v) is 13.3. The van der Waals surface area contributed by atoms with Crippen LogP contribution in [-0.2, 0) is 16.1 Å². The van der Waals surface area contributed by atoms with Gasteiger partial charge in [-0.3, -0.25) is 9.36 Å². The lowest BCUT2D eigenvalue weighted by Gasteiger charge is -2.10. The number of anilines is 1. The third-order valence-corrected chi connectivity index (χ3v) is 7.53. The van der Waals surface area contributed by atoms with Crippen LogP contribution in [0.2, 0.25) is 10.0 Å². The first-order valence-electron chi connectivity index (χ1n) is 10.7. The van der Waals surface area contributed by atoms with Crippen molar-refractivity contribution in [3.8, 4) is 22.5 Å². The maximum atomic E-state index is 13.4. The number of methoxy groups -OCH3 is 1. The van der Waals surface area contributed by atoms with Gasteiger partial charge in [-0.05, 0) is 35.9 Å². The predicted molar refractivity (Wildman–Crippen MR) is 146 cm³/mol. The molecule has 37 heavy (non-hydrogen) atoms. The molecule has 0 radical (unpaired) electrons. The molecule has 4 rings (SSSR count). The number of hydrogen-bond donors (Lipinski definition) is 1. The second kappa shape index (κ2) is 11.9. The SMILES string of the molecule is C=CCn1c(SCC(=O)Nc2scc(-c3ccc(F)cc3)c2C(=O)OC)nnc1-c1ccc(Cl)cc1Cl. The summed E-state index contributed by atoms with van der Waals surface area (Å²) in [4.78, 5) is 25.4. The lowest BCUT2D eigenvalue weighted by Crippen LogP contribution is -2.16. The third kappa shape index (κ3) is 6.04. The first-order chi connectivity index (χ1) is 17.8. The van der Waals surface area contributed by atoms with E-state index in [1.165, 1.54) is 42.3 Å². The van der Waals surface area contributed by atoms with Crippen molar-refractivity contribution in [2.45, 2.75) is 11.7 Å². The van der Waals surface area contributed by atoms with Crippen LogP contribution in [0, 0.1) is 5.82 Å². The van der Waals surface area contributed by atoms with E-state index in [9.17, 15) is 14.0 Å². The van der Waals surface area contributed by atoms with Gasteiger partial charge in [0.05, 0.1) is 17.9 Å². The lowest BCUT2D eigenvalue weighted by atomic mass is 10.0. The van der Waals surface area contributed by atoms with Gasteiger partial charge in [-0.1, -0.05) is 53.2 Å². The molecule has 2 aromatic carbocycles. The third-order valence-electron chi connectivity index (χ3n) is 5.12. The quantitative estimate of drug-likeness (QED) is 0.133. The van der Waals surface area contributed by atoms with E-state index in [2.05, 4.69) is 22.1 Å². The average Bonchev–Trinajstić information content (AvgIpc) is 3.47. The van der Waals surface area contributed by atoms with Crippen molar-refractivity contribution < 1.29 is 18.7 Å². The van der Waals surface area contributed by atoms with Gasteiger partial charge in [0.1, 0.15) is 16.4 Å². The molecule has 0 bridgehead atoms. The fourth-order valence-electron chi connectivity index (χ4n) is 3.45. The van der Waals surface area contributed by atoms with Crippen LogP contribution in [0.5, 0.6) is 0 Å². The molecular formula is C25H19Cl2FN4O3S2. The summed E-state index contributed by atoms with van der Waals surface area (Å²) in [6, 6.07) is 10.8. The molecule has 190 valence electrons. The molecule has 0 saturated carbocycles. The van der Waals surface area contributed by atoms with Crippen molar-refractivity contribution in [3.05, 3.63) is 81.9 Å². The number of aromatic nitrogens is 3. The van der Waals surface area contributed by atoms with Gasteiger partial charge in [0.2, 0.25) is 5.91 Å². The van der Waals surface area contributed by atoms with Crippen LogP contribution in [0.25, 0.3) is 22.5 Å². The van der Waals surface area contributed by atoms with E-state index in [0.29, 0.717) is 49.3 Å². The number of thiophene rings is 1. The van der Waals surface area contributed by atoms with E-state index in [0.717, 1.165) is 0 Å². The van der Waals surface area contributed by atoms with Crippen molar-refractivity contribution >= 4 is 63.2 Å². The van der Waals surface area contributed by atoms with Crippen LogP contribution in [-0.4, -0.2) is 39.5 Å². The smallest absolute Gasteiger partial charge is 0.341 e. The fraction of sp³-hybridized carbons (Fsp3) is 0.120. The zero-order chi connectivity index (χ0) is 26.5. The van der Waals surface area contributed by atoms with Crippen molar-refractivity contribution in [3.63, 3.8) is 0 Å². The van der Waals surface area contributed by atoms with Crippen LogP contribution in [0.3, 0.4) is 0 Å². The minimum absolute atomic E-state index is 0.00593. The summed E-state index contributed by atoms with van der Waals surface area (Å²) in [6.07, 6.45) is 1.69. The number of hydrogen-bond acceptors (Lipinski definition) is 7. The number of nitrogens with one attached hydrogen (secondary N) is 1. The van der Waals surface area contributed by atoms with E-state index in [1.807, 2.05) is 0 Å². The number of thioether (sulfide) groups is 1. The fourth-order valence-corrected chi connectivity index (χ4v) is 5.66. The number of carbonyl (C=O) groups excluding carboxylic acids is 2. The summed E-state index contributed by atoms with van der Waals surface area (Å²) in [5, 5.41) is 14.7. The van der Waals surface area contributed by atoms with Crippen molar-refractivity contribution in [1.82, 2.24) is 14.8 Å². The minimum Gasteiger partial charge on any atom is -0.465 e. The van der Waals surface area contributed by atoms with Gasteiger partial charge in [0, 0.05) is 28.1 Å². The Morgan fingerprint density at radius 2 is 1.95 bits per heavy atom. The second-order valence-electron chi connectivity index (χ2n) is 7.52. The molecule has 4 aromatic rings. The number of nitrogens with zero attached hydrogens (tertiary/aromatic N) is 3. The second-order valence-corrected chi connectivity index (χ2v) is 10.2. The van der Waals surface area contributed by atoms with E-state index in [-0.39, 0.29) is 17.2 Å². The lowest BCUT2D eigenvalue weighted by molar-refractivity contribution is -0.113. The highest BCUT2D eigenvalue weighted by Crippen LogP contribution is 2.37. The Morgan fingerprint density at radius 3 is 2.62 bits per heavy atom. The monoisotopic (exact) mass is 576 g/mol. The molecule has 1 N–H and O–H groups in total. The summed E-state index contributed by atoms with van der Waals surface area (Å²) in [5.74, 6) is -0.858. The van der Waals surface area contributed by atoms with E-state index >= 15 is 0 Å². The Bertz CT molecular complexity index is 1470. The highest BCUT2D eigenvalue weighted by atomic mass is 35.5. The van der Waals surface area contributed by atoms with Crippen LogP contribution in [0.4, 0.5) is 9.39 Å². The van der Waals surface area contributed by atoms with Gasteiger partial charge in [-0.2, -0.15) is 0 Å². The van der Waals surface area contributed by atoms with Crippen LogP contribution < -0.4 is 5.32 Å². The summed E-state index contributed by atoms with van der Waals surface area (Å²) < 4.78 is 20.1. The molecule has 0 aliphatic carbocycles. The molecule has 0 unspecified atom stereocenters. The Morgan fingerprint density at radius 1 is 1.19 bits per heavy atom. The predicted octanol–water partition coefficient (Wildman–Crippen LogP) is 6.82. The molecule has 2 heterocycles. The number of rotatable bonds is 9. The molecule has 1 amide bonds. The highest BCUT2D eigenvalue weighted by Gasteiger charge is 2.23. The Labute approximate surface area is 230 Å². The largest absolute Gasteiger partial charge is 0.465 e. The minimum atomic E-state index is -0.612. The van der Waals surface area contributed by atoms with Gasteiger partial charge in [-0.15, -0.1) is 28.1 Å². The molecule has 12 heteroatoms. The standard InChI is InChI=1S/C25H19Cl2FN4O3S2/c1-3-10-32-22(17-9-6-15(26)11-19(17)27)30-31-25(32)37-13-20(33)29-23-21(24(34)35-2)18(12-36-23)14-4-7-16(28)8-5-14/h3-9,11-12H,1,10,13H2,2H3,(H,29,33). The van der Waals surface area contributed by atoms with Gasteiger partial charge in [-0.25, -0.2) is 9.18 Å². The normalized spacial score (nSPS) is 10.8. The summed E-state index contributed by atoms with van der Waals surface area (Å²) in [6.45, 7) is 4.18. The molecular weight excluding hydrogens is 558 g/mol. The number of amides is 1. The van der Waals surface area contributed by atoms with E-state index < -0.39 is 11.8 Å². The van der Waals surface area contributed by atoms with Gasteiger partial charge >= 0.3 is 5.97 Å². The highest BCUT2D eigenvalue weighted by molar-refractivity contribution is 7.99. The van der Waals surface area contributed by atoms with E-state index in [1.54, 1.807) is 46.4 Å².